The third kappa shape index (κ3) is 4.02. The van der Waals surface area contributed by atoms with E-state index in [1.807, 2.05) is 0 Å². The van der Waals surface area contributed by atoms with Crippen LogP contribution in [0.2, 0.25) is 0 Å². The van der Waals surface area contributed by atoms with Gasteiger partial charge in [-0.15, -0.1) is 0 Å². The molecule has 0 aliphatic heterocycles. The number of nitrogens with one attached hydrogen (secondary N) is 1. The molecule has 142 valence electrons. The molecule has 9 heteroatoms. The van der Waals surface area contributed by atoms with Gasteiger partial charge >= 0.3 is 6.18 Å². The highest BCUT2D eigenvalue weighted by atomic mass is 32.2. The molecule has 1 aromatic heterocycles. The zero-order chi connectivity index (χ0) is 20.0. The molecule has 0 amide bonds. The minimum absolute atomic E-state index is 0.0173. The number of hydrogen-bond acceptors (Lipinski definition) is 3. The average Bonchev–Trinajstić information content (AvgIpc) is 2.99. The van der Waals surface area contributed by atoms with Gasteiger partial charge in [0.2, 0.25) is 0 Å². The summed E-state index contributed by atoms with van der Waals surface area (Å²) in [6.07, 6.45) is -3.72. The summed E-state index contributed by atoms with van der Waals surface area (Å²) in [5.41, 5.74) is -0.678. The summed E-state index contributed by atoms with van der Waals surface area (Å²) in [5, 5.41) is 0. The second kappa shape index (κ2) is 6.49. The van der Waals surface area contributed by atoms with Crippen molar-refractivity contribution in [1.82, 2.24) is 9.97 Å². The van der Waals surface area contributed by atoms with E-state index in [1.54, 1.807) is 6.92 Å². The van der Waals surface area contributed by atoms with Crippen molar-refractivity contribution in [2.75, 3.05) is 6.26 Å². The molecule has 3 aromatic rings. The Morgan fingerprint density at radius 2 is 1.63 bits per heavy atom. The van der Waals surface area contributed by atoms with Crippen molar-refractivity contribution in [3.05, 3.63) is 59.5 Å². The van der Waals surface area contributed by atoms with Crippen LogP contribution in [0, 0.1) is 12.7 Å². The molecule has 0 spiro atoms. The van der Waals surface area contributed by atoms with Crippen molar-refractivity contribution in [2.24, 2.45) is 0 Å². The van der Waals surface area contributed by atoms with Crippen molar-refractivity contribution >= 4 is 9.84 Å². The molecule has 0 saturated heterocycles. The van der Waals surface area contributed by atoms with E-state index in [9.17, 15) is 26.0 Å². The van der Waals surface area contributed by atoms with Gasteiger partial charge in [-0.2, -0.15) is 13.2 Å². The van der Waals surface area contributed by atoms with E-state index in [0.29, 0.717) is 5.56 Å². The second-order valence-corrected chi connectivity index (χ2v) is 8.14. The van der Waals surface area contributed by atoms with Crippen LogP contribution in [0.15, 0.2) is 47.4 Å². The van der Waals surface area contributed by atoms with Gasteiger partial charge in [-0.3, -0.25) is 0 Å². The van der Waals surface area contributed by atoms with Crippen molar-refractivity contribution in [2.45, 2.75) is 18.0 Å². The van der Waals surface area contributed by atoms with E-state index in [2.05, 4.69) is 9.97 Å². The smallest absolute Gasteiger partial charge is 0.334 e. The normalized spacial score (nSPS) is 12.4. The Morgan fingerprint density at radius 3 is 2.15 bits per heavy atom. The van der Waals surface area contributed by atoms with Gasteiger partial charge in [-0.1, -0.05) is 12.1 Å². The largest absolute Gasteiger partial charge is 0.433 e. The van der Waals surface area contributed by atoms with Crippen LogP contribution in [-0.2, 0) is 16.0 Å². The summed E-state index contributed by atoms with van der Waals surface area (Å²) in [6.45, 7) is 1.62. The lowest BCUT2D eigenvalue weighted by molar-refractivity contribution is -0.140. The van der Waals surface area contributed by atoms with Crippen LogP contribution in [0.3, 0.4) is 0 Å². The maximum absolute atomic E-state index is 13.6. The summed E-state index contributed by atoms with van der Waals surface area (Å²) in [6, 6.07) is 8.78. The van der Waals surface area contributed by atoms with Crippen LogP contribution in [-0.4, -0.2) is 24.6 Å². The minimum Gasteiger partial charge on any atom is -0.334 e. The number of rotatable bonds is 3. The Bertz CT molecular complexity index is 1080. The molecule has 0 fully saturated rings. The molecule has 4 nitrogen and oxygen atoms in total. The predicted molar refractivity (Wildman–Crippen MR) is 92.3 cm³/mol. The number of aromatic amines is 1. The lowest BCUT2D eigenvalue weighted by atomic mass is 10.1. The van der Waals surface area contributed by atoms with E-state index >= 15 is 0 Å². The number of aromatic nitrogens is 2. The SMILES string of the molecule is Cc1cc(F)cc(-c2nc(-c3ccc(S(C)(=O)=O)cc3)c(C(F)(F)F)[nH]2)c1. The van der Waals surface area contributed by atoms with Gasteiger partial charge < -0.3 is 4.98 Å². The van der Waals surface area contributed by atoms with E-state index in [0.717, 1.165) is 12.3 Å². The molecule has 0 atom stereocenters. The van der Waals surface area contributed by atoms with Crippen LogP contribution in [0.25, 0.3) is 22.6 Å². The first-order valence-corrected chi connectivity index (χ1v) is 9.59. The highest BCUT2D eigenvalue weighted by molar-refractivity contribution is 7.90. The number of imidazole rings is 1. The molecule has 0 bridgehead atoms. The first kappa shape index (κ1) is 19.1. The molecule has 0 aliphatic rings. The molecule has 2 aromatic carbocycles. The molecule has 0 unspecified atom stereocenters. The van der Waals surface area contributed by atoms with Gasteiger partial charge in [0.1, 0.15) is 23.0 Å². The van der Waals surface area contributed by atoms with Crippen LogP contribution in [0.5, 0.6) is 0 Å². The first-order valence-electron chi connectivity index (χ1n) is 7.70. The van der Waals surface area contributed by atoms with Gasteiger partial charge in [-0.25, -0.2) is 17.8 Å². The van der Waals surface area contributed by atoms with Crippen LogP contribution in [0.1, 0.15) is 11.3 Å². The third-order valence-corrected chi connectivity index (χ3v) is 4.99. The zero-order valence-corrected chi connectivity index (χ0v) is 15.0. The van der Waals surface area contributed by atoms with E-state index in [-0.39, 0.29) is 27.5 Å². The second-order valence-electron chi connectivity index (χ2n) is 6.12. The Morgan fingerprint density at radius 1 is 1.00 bits per heavy atom. The summed E-state index contributed by atoms with van der Waals surface area (Å²) in [7, 11) is -3.48. The Kier molecular flexibility index (Phi) is 4.59. The lowest BCUT2D eigenvalue weighted by Gasteiger charge is -2.07. The molecular formula is C18H14F4N2O2S. The highest BCUT2D eigenvalue weighted by Gasteiger charge is 2.37. The Balaban J connectivity index is 2.16. The molecule has 0 aliphatic carbocycles. The maximum atomic E-state index is 13.6. The highest BCUT2D eigenvalue weighted by Crippen LogP contribution is 2.37. The van der Waals surface area contributed by atoms with Crippen LogP contribution in [0.4, 0.5) is 17.6 Å². The third-order valence-electron chi connectivity index (χ3n) is 3.86. The molecule has 1 heterocycles. The topological polar surface area (TPSA) is 62.8 Å². The fraction of sp³-hybridized carbons (Fsp3) is 0.167. The molecule has 0 saturated carbocycles. The number of hydrogen-bond donors (Lipinski definition) is 1. The lowest BCUT2D eigenvalue weighted by Crippen LogP contribution is -2.07. The fourth-order valence-corrected chi connectivity index (χ4v) is 3.29. The van der Waals surface area contributed by atoms with Crippen LogP contribution < -0.4 is 0 Å². The monoisotopic (exact) mass is 398 g/mol. The fourth-order valence-electron chi connectivity index (χ4n) is 2.66. The molecule has 3 rings (SSSR count). The molecular weight excluding hydrogens is 384 g/mol. The summed E-state index contributed by atoms with van der Waals surface area (Å²) < 4.78 is 77.0. The molecule has 1 N–H and O–H groups in total. The number of halogens is 4. The maximum Gasteiger partial charge on any atom is 0.433 e. The quantitative estimate of drug-likeness (QED) is 0.655. The Hall–Kier alpha value is -2.68. The van der Waals surface area contributed by atoms with E-state index in [1.165, 1.54) is 36.4 Å². The number of nitrogens with zero attached hydrogens (tertiary/aromatic N) is 1. The average molecular weight is 398 g/mol. The van der Waals surface area contributed by atoms with Gasteiger partial charge in [0.25, 0.3) is 0 Å². The number of benzene rings is 2. The van der Waals surface area contributed by atoms with Gasteiger partial charge in [0, 0.05) is 17.4 Å². The van der Waals surface area contributed by atoms with E-state index in [4.69, 9.17) is 0 Å². The number of aryl methyl sites for hydroxylation is 1. The number of sulfone groups is 1. The van der Waals surface area contributed by atoms with Crippen LogP contribution >= 0.6 is 0 Å². The van der Waals surface area contributed by atoms with Gasteiger partial charge in [0.05, 0.1) is 4.90 Å². The van der Waals surface area contributed by atoms with Crippen molar-refractivity contribution in [1.29, 1.82) is 0 Å². The summed E-state index contributed by atoms with van der Waals surface area (Å²) in [5.74, 6) is -0.721. The molecule has 0 radical (unpaired) electrons. The first-order chi connectivity index (χ1) is 12.4. The minimum atomic E-state index is -4.72. The van der Waals surface area contributed by atoms with Gasteiger partial charge in [-0.05, 0) is 42.8 Å². The number of H-pyrrole nitrogens is 1. The summed E-state index contributed by atoms with van der Waals surface area (Å²) >= 11 is 0. The predicted octanol–water partition coefficient (Wildman–Crippen LogP) is 4.61. The molecule has 27 heavy (non-hydrogen) atoms. The van der Waals surface area contributed by atoms with E-state index < -0.39 is 27.5 Å². The standard InChI is InChI=1S/C18H14F4N2O2S/c1-10-7-12(9-13(19)8-10)17-23-15(16(24-17)18(20,21)22)11-3-5-14(6-4-11)27(2,25)26/h3-9H,1-2H3,(H,23,24). The van der Waals surface area contributed by atoms with Crippen molar-refractivity contribution in [3.8, 4) is 22.6 Å². The van der Waals surface area contributed by atoms with Gasteiger partial charge in [0.15, 0.2) is 9.84 Å². The van der Waals surface area contributed by atoms with Crippen molar-refractivity contribution in [3.63, 3.8) is 0 Å². The number of alkyl halides is 3. The Labute approximate surface area is 152 Å². The van der Waals surface area contributed by atoms with Crippen molar-refractivity contribution < 1.29 is 26.0 Å². The zero-order valence-electron chi connectivity index (χ0n) is 14.2. The summed E-state index contributed by atoms with van der Waals surface area (Å²) in [4.78, 5) is 6.20.